The maximum absolute atomic E-state index is 12.4. The second-order valence-electron chi connectivity index (χ2n) is 6.24. The molecule has 8 nitrogen and oxygen atoms in total. The van der Waals surface area contributed by atoms with Crippen molar-refractivity contribution in [3.63, 3.8) is 0 Å². The Morgan fingerprint density at radius 1 is 1.50 bits per heavy atom. The highest BCUT2D eigenvalue weighted by Gasteiger charge is 2.33. The quantitative estimate of drug-likeness (QED) is 0.772. The lowest BCUT2D eigenvalue weighted by Gasteiger charge is -2.30. The molecular weight excluding hydrogens is 340 g/mol. The third-order valence-electron chi connectivity index (χ3n) is 4.36. The maximum atomic E-state index is 12.4. The molecule has 0 radical (unpaired) electrons. The second kappa shape index (κ2) is 7.14. The Labute approximate surface area is 150 Å². The molecule has 8 heteroatoms. The van der Waals surface area contributed by atoms with Crippen LogP contribution >= 0.6 is 0 Å². The highest BCUT2D eigenvalue weighted by molar-refractivity contribution is 5.99. The number of anilines is 1. The summed E-state index contributed by atoms with van der Waals surface area (Å²) in [5.41, 5.74) is 4.60. The number of ether oxygens (including phenoxy) is 3. The van der Waals surface area contributed by atoms with Crippen LogP contribution in [0.3, 0.4) is 0 Å². The molecule has 1 aromatic rings. The molecule has 1 aliphatic heterocycles. The van der Waals surface area contributed by atoms with Crippen molar-refractivity contribution in [3.05, 3.63) is 18.2 Å². The van der Waals surface area contributed by atoms with Crippen molar-refractivity contribution >= 4 is 17.7 Å². The number of rotatable bonds is 3. The average Bonchev–Trinajstić information content (AvgIpc) is 2.69. The van der Waals surface area contributed by atoms with Gasteiger partial charge in [0.15, 0.2) is 0 Å². The van der Waals surface area contributed by atoms with E-state index in [4.69, 9.17) is 19.9 Å². The summed E-state index contributed by atoms with van der Waals surface area (Å²) in [6.45, 7) is -0.00357. The number of carbonyl (C=O) groups is 2. The van der Waals surface area contributed by atoms with E-state index in [2.05, 4.69) is 11.8 Å². The largest absolute Gasteiger partial charge is 0.487 e. The second-order valence-corrected chi connectivity index (χ2v) is 6.24. The Hall–Kier alpha value is -2.92. The number of fused-ring (bicyclic) bond motifs is 1. The van der Waals surface area contributed by atoms with Crippen LogP contribution in [0.15, 0.2) is 18.2 Å². The lowest BCUT2D eigenvalue weighted by molar-refractivity contribution is -0.127. The molecule has 0 unspecified atom stereocenters. The van der Waals surface area contributed by atoms with Gasteiger partial charge in [-0.25, -0.2) is 4.79 Å². The van der Waals surface area contributed by atoms with E-state index in [0.717, 1.165) is 6.42 Å². The molecule has 3 N–H and O–H groups in total. The van der Waals surface area contributed by atoms with Crippen LogP contribution in [0, 0.1) is 11.8 Å². The lowest BCUT2D eigenvalue weighted by atomic mass is 9.81. The molecule has 1 heterocycles. The summed E-state index contributed by atoms with van der Waals surface area (Å²) in [6.07, 6.45) is 0.220. The molecule has 1 aliphatic carbocycles. The van der Waals surface area contributed by atoms with E-state index in [1.165, 1.54) is 4.90 Å². The van der Waals surface area contributed by atoms with E-state index < -0.39 is 23.7 Å². The molecule has 1 saturated carbocycles. The molecule has 3 rings (SSSR count). The number of nitrogens with two attached hydrogens (primary N) is 1. The van der Waals surface area contributed by atoms with E-state index in [1.54, 1.807) is 25.2 Å². The normalized spacial score (nSPS) is 20.5. The Morgan fingerprint density at radius 2 is 2.27 bits per heavy atom. The van der Waals surface area contributed by atoms with Crippen molar-refractivity contribution in [1.82, 2.24) is 0 Å². The van der Waals surface area contributed by atoms with E-state index in [9.17, 15) is 14.7 Å². The summed E-state index contributed by atoms with van der Waals surface area (Å²) in [7, 11) is 1.54. The molecule has 1 atom stereocenters. The first kappa shape index (κ1) is 17.9. The summed E-state index contributed by atoms with van der Waals surface area (Å²) >= 11 is 0. The van der Waals surface area contributed by atoms with E-state index in [1.807, 2.05) is 0 Å². The number of aliphatic hydroxyl groups is 1. The number of hydrogen-bond donors (Lipinski definition) is 2. The summed E-state index contributed by atoms with van der Waals surface area (Å²) in [5.74, 6) is 6.12. The van der Waals surface area contributed by atoms with Crippen LogP contribution in [0.2, 0.25) is 0 Å². The number of hydrogen-bond acceptors (Lipinski definition) is 6. The Bertz CT molecular complexity index is 778. The van der Waals surface area contributed by atoms with Crippen molar-refractivity contribution in [1.29, 1.82) is 0 Å². The lowest BCUT2D eigenvalue weighted by Crippen LogP contribution is -2.41. The monoisotopic (exact) mass is 360 g/mol. The van der Waals surface area contributed by atoms with Gasteiger partial charge < -0.3 is 30.0 Å². The van der Waals surface area contributed by atoms with Gasteiger partial charge in [0.2, 0.25) is 6.10 Å². The number of likely N-dealkylation sites (N-methyl/N-ethyl adjacent to an activating group) is 1. The zero-order valence-corrected chi connectivity index (χ0v) is 14.4. The third-order valence-corrected chi connectivity index (χ3v) is 4.36. The van der Waals surface area contributed by atoms with Crippen LogP contribution in [0.1, 0.15) is 19.3 Å². The van der Waals surface area contributed by atoms with Gasteiger partial charge in [-0.1, -0.05) is 11.8 Å². The predicted octanol–water partition coefficient (Wildman–Crippen LogP) is 0.803. The van der Waals surface area contributed by atoms with Gasteiger partial charge in [0.1, 0.15) is 30.3 Å². The fraction of sp³-hybridized carbons (Fsp3) is 0.444. The fourth-order valence-corrected chi connectivity index (χ4v) is 2.72. The van der Waals surface area contributed by atoms with Crippen LogP contribution in [-0.4, -0.2) is 49.1 Å². The van der Waals surface area contributed by atoms with Gasteiger partial charge in [-0.05, 0) is 31.4 Å². The van der Waals surface area contributed by atoms with Crippen LogP contribution in [-0.2, 0) is 9.53 Å². The van der Waals surface area contributed by atoms with Gasteiger partial charge in [-0.15, -0.1) is 0 Å². The van der Waals surface area contributed by atoms with Gasteiger partial charge >= 0.3 is 6.09 Å². The average molecular weight is 360 g/mol. The summed E-state index contributed by atoms with van der Waals surface area (Å²) in [5, 5.41) is 9.91. The Balaban J connectivity index is 1.69. The predicted molar refractivity (Wildman–Crippen MR) is 91.9 cm³/mol. The molecule has 1 fully saturated rings. The first-order valence-corrected chi connectivity index (χ1v) is 8.24. The van der Waals surface area contributed by atoms with Gasteiger partial charge in [-0.2, -0.15) is 0 Å². The first-order valence-electron chi connectivity index (χ1n) is 8.24. The van der Waals surface area contributed by atoms with Crippen molar-refractivity contribution in [3.8, 4) is 23.3 Å². The SMILES string of the molecule is CN1C(=O)[C@@H](OC(N)=O)COc2ccc(OCC#CC3(O)CCC3)cc21. The number of nitrogens with zero attached hydrogens (tertiary/aromatic N) is 1. The number of primary amides is 1. The minimum atomic E-state index is -1.11. The van der Waals surface area contributed by atoms with E-state index >= 15 is 0 Å². The molecule has 1 aromatic carbocycles. The highest BCUT2D eigenvalue weighted by atomic mass is 16.6. The van der Waals surface area contributed by atoms with Crippen molar-refractivity contribution in [2.75, 3.05) is 25.2 Å². The molecule has 0 saturated heterocycles. The van der Waals surface area contributed by atoms with Crippen molar-refractivity contribution in [2.24, 2.45) is 5.73 Å². The van der Waals surface area contributed by atoms with Crippen LogP contribution in [0.5, 0.6) is 11.5 Å². The van der Waals surface area contributed by atoms with Crippen LogP contribution in [0.25, 0.3) is 0 Å². The fourth-order valence-electron chi connectivity index (χ4n) is 2.72. The standard InChI is InChI=1S/C18H20N2O6/c1-20-13-10-12(24-9-3-8-18(23)6-2-7-18)4-5-14(13)25-11-15(16(20)21)26-17(19)22/h4-5,10,15,23H,2,6-7,9,11H2,1H3,(H2,19,22)/t15-/m0/s1. The molecular formula is C18H20N2O6. The molecule has 138 valence electrons. The van der Waals surface area contributed by atoms with Crippen LogP contribution in [0.4, 0.5) is 10.5 Å². The summed E-state index contributed by atoms with van der Waals surface area (Å²) in [4.78, 5) is 24.6. The molecule has 0 spiro atoms. The van der Waals surface area contributed by atoms with Crippen molar-refractivity contribution < 1.29 is 28.9 Å². The third kappa shape index (κ3) is 3.83. The molecule has 2 amide bonds. The zero-order chi connectivity index (χ0) is 18.7. The number of amides is 2. The van der Waals surface area contributed by atoms with Gasteiger partial charge in [0.05, 0.1) is 5.69 Å². The Kier molecular flexibility index (Phi) is 4.91. The van der Waals surface area contributed by atoms with Crippen LogP contribution < -0.4 is 20.1 Å². The highest BCUT2D eigenvalue weighted by Crippen LogP contribution is 2.34. The number of benzene rings is 1. The zero-order valence-electron chi connectivity index (χ0n) is 14.4. The number of carbonyl (C=O) groups excluding carboxylic acids is 2. The minimum Gasteiger partial charge on any atom is -0.487 e. The maximum Gasteiger partial charge on any atom is 0.405 e. The molecule has 0 bridgehead atoms. The molecule has 0 aromatic heterocycles. The van der Waals surface area contributed by atoms with Gasteiger partial charge in [-0.3, -0.25) is 4.79 Å². The smallest absolute Gasteiger partial charge is 0.405 e. The topological polar surface area (TPSA) is 111 Å². The summed E-state index contributed by atoms with van der Waals surface area (Å²) in [6, 6.07) is 4.99. The van der Waals surface area contributed by atoms with Crippen molar-refractivity contribution in [2.45, 2.75) is 31.0 Å². The van der Waals surface area contributed by atoms with Gasteiger partial charge in [0, 0.05) is 13.1 Å². The molecule has 2 aliphatic rings. The molecule has 26 heavy (non-hydrogen) atoms. The first-order chi connectivity index (χ1) is 12.4. The summed E-state index contributed by atoms with van der Waals surface area (Å²) < 4.78 is 15.9. The van der Waals surface area contributed by atoms with E-state index in [0.29, 0.717) is 30.0 Å². The van der Waals surface area contributed by atoms with E-state index in [-0.39, 0.29) is 13.2 Å². The van der Waals surface area contributed by atoms with Gasteiger partial charge in [0.25, 0.3) is 5.91 Å². The Morgan fingerprint density at radius 3 is 2.92 bits per heavy atom. The minimum absolute atomic E-state index is 0.118.